The summed E-state index contributed by atoms with van der Waals surface area (Å²) in [6.45, 7) is 7.86. The van der Waals surface area contributed by atoms with Gasteiger partial charge in [0.1, 0.15) is 0 Å². The maximum absolute atomic E-state index is 11.6. The van der Waals surface area contributed by atoms with Crippen molar-refractivity contribution >= 4 is 17.7 Å². The van der Waals surface area contributed by atoms with Crippen LogP contribution in [0.2, 0.25) is 0 Å². The molecule has 0 bridgehead atoms. The minimum atomic E-state index is -0.419. The zero-order chi connectivity index (χ0) is 12.6. The average molecular weight is 246 g/mol. The van der Waals surface area contributed by atoms with Crippen LogP contribution in [0, 0.1) is 0 Å². The normalized spacial score (nSPS) is 28.0. The highest BCUT2D eigenvalue weighted by Crippen LogP contribution is 2.38. The lowest BCUT2D eigenvalue weighted by Crippen LogP contribution is -2.53. The van der Waals surface area contributed by atoms with Crippen molar-refractivity contribution in [1.82, 2.24) is 10.4 Å². The zero-order valence-electron chi connectivity index (χ0n) is 10.7. The first-order chi connectivity index (χ1) is 7.21. The summed E-state index contributed by atoms with van der Waals surface area (Å²) in [5.41, 5.74) is -0.710. The molecule has 1 heterocycles. The lowest BCUT2D eigenvalue weighted by Gasteiger charge is -2.35. The molecule has 0 aliphatic carbocycles. The van der Waals surface area contributed by atoms with Gasteiger partial charge in [-0.1, -0.05) is 0 Å². The zero-order valence-corrected chi connectivity index (χ0v) is 11.5. The summed E-state index contributed by atoms with van der Waals surface area (Å²) in [4.78, 5) is 11.6. The molecule has 1 fully saturated rings. The number of nitrogens with one attached hydrogen (secondary N) is 1. The standard InChI is InChI=1S/C11H22N2O2S/c1-10(2)6-8(11(3,4)13(10)15)12-9(14)7-16-5/h8,15H,6-7H2,1-5H3,(H,12,14). The summed E-state index contributed by atoms with van der Waals surface area (Å²) >= 11 is 1.51. The summed E-state index contributed by atoms with van der Waals surface area (Å²) < 4.78 is 0. The Bertz CT molecular complexity index is 279. The Morgan fingerprint density at radius 2 is 2.06 bits per heavy atom. The first-order valence-electron chi connectivity index (χ1n) is 5.49. The minimum Gasteiger partial charge on any atom is -0.351 e. The van der Waals surface area contributed by atoms with E-state index in [-0.39, 0.29) is 17.5 Å². The molecule has 1 unspecified atom stereocenters. The second-order valence-corrected chi connectivity index (χ2v) is 6.40. The smallest absolute Gasteiger partial charge is 0.230 e. The van der Waals surface area contributed by atoms with Crippen molar-refractivity contribution < 1.29 is 10.0 Å². The maximum atomic E-state index is 11.6. The van der Waals surface area contributed by atoms with E-state index in [0.29, 0.717) is 5.75 Å². The predicted octanol–water partition coefficient (Wildman–Crippen LogP) is 1.49. The Kier molecular flexibility index (Phi) is 3.92. The van der Waals surface area contributed by atoms with Crippen LogP contribution in [0.1, 0.15) is 34.1 Å². The van der Waals surface area contributed by atoms with Crippen molar-refractivity contribution in [1.29, 1.82) is 0 Å². The molecule has 4 nitrogen and oxygen atoms in total. The van der Waals surface area contributed by atoms with Gasteiger partial charge in [-0.3, -0.25) is 4.79 Å². The van der Waals surface area contributed by atoms with E-state index in [1.165, 1.54) is 16.8 Å². The second-order valence-electron chi connectivity index (χ2n) is 5.54. The van der Waals surface area contributed by atoms with E-state index in [1.807, 2.05) is 34.0 Å². The summed E-state index contributed by atoms with van der Waals surface area (Å²) in [7, 11) is 0. The third-order valence-corrected chi connectivity index (χ3v) is 3.84. The van der Waals surface area contributed by atoms with Crippen LogP contribution >= 0.6 is 11.8 Å². The Balaban J connectivity index is 2.72. The van der Waals surface area contributed by atoms with Gasteiger partial charge in [-0.2, -0.15) is 16.8 Å². The number of nitrogens with zero attached hydrogens (tertiary/aromatic N) is 1. The van der Waals surface area contributed by atoms with E-state index in [1.54, 1.807) is 0 Å². The van der Waals surface area contributed by atoms with Gasteiger partial charge < -0.3 is 10.5 Å². The quantitative estimate of drug-likeness (QED) is 0.792. The summed E-state index contributed by atoms with van der Waals surface area (Å²) in [6, 6.07) is -0.00727. The molecule has 1 aliphatic heterocycles. The fourth-order valence-electron chi connectivity index (χ4n) is 2.36. The van der Waals surface area contributed by atoms with Gasteiger partial charge in [0.25, 0.3) is 0 Å². The van der Waals surface area contributed by atoms with E-state index in [0.717, 1.165) is 6.42 Å². The largest absolute Gasteiger partial charge is 0.351 e. The maximum Gasteiger partial charge on any atom is 0.230 e. The Labute approximate surface area is 102 Å². The van der Waals surface area contributed by atoms with Gasteiger partial charge in [-0.15, -0.1) is 0 Å². The Morgan fingerprint density at radius 3 is 2.44 bits per heavy atom. The fourth-order valence-corrected chi connectivity index (χ4v) is 2.70. The van der Waals surface area contributed by atoms with Crippen LogP contribution < -0.4 is 5.32 Å². The van der Waals surface area contributed by atoms with Crippen molar-refractivity contribution in [3.8, 4) is 0 Å². The Hall–Kier alpha value is -0.260. The first-order valence-corrected chi connectivity index (χ1v) is 6.88. The topological polar surface area (TPSA) is 52.6 Å². The summed E-state index contributed by atoms with van der Waals surface area (Å²) in [5, 5.41) is 14.4. The van der Waals surface area contributed by atoms with E-state index < -0.39 is 5.54 Å². The fraction of sp³-hybridized carbons (Fsp3) is 0.909. The first kappa shape index (κ1) is 13.8. The van der Waals surface area contributed by atoms with Crippen molar-refractivity contribution in [2.75, 3.05) is 12.0 Å². The number of amides is 1. The van der Waals surface area contributed by atoms with Crippen LogP contribution in [-0.4, -0.2) is 45.3 Å². The second kappa shape index (κ2) is 4.55. The van der Waals surface area contributed by atoms with Gasteiger partial charge in [0.15, 0.2) is 0 Å². The van der Waals surface area contributed by atoms with Crippen molar-refractivity contribution in [2.24, 2.45) is 0 Å². The molecular formula is C11H22N2O2S. The average Bonchev–Trinajstić information content (AvgIpc) is 2.28. The predicted molar refractivity (Wildman–Crippen MR) is 66.7 cm³/mol. The Morgan fingerprint density at radius 1 is 1.50 bits per heavy atom. The van der Waals surface area contributed by atoms with Gasteiger partial charge in [-0.25, -0.2) is 0 Å². The van der Waals surface area contributed by atoms with Gasteiger partial charge in [0, 0.05) is 5.54 Å². The molecule has 1 aliphatic rings. The number of carbonyl (C=O) groups excluding carboxylic acids is 1. The number of rotatable bonds is 3. The molecule has 16 heavy (non-hydrogen) atoms. The lowest BCUT2D eigenvalue weighted by molar-refractivity contribution is -0.194. The van der Waals surface area contributed by atoms with Crippen molar-refractivity contribution in [3.05, 3.63) is 0 Å². The molecule has 2 N–H and O–H groups in total. The highest BCUT2D eigenvalue weighted by atomic mass is 32.2. The van der Waals surface area contributed by atoms with Crippen molar-refractivity contribution in [3.63, 3.8) is 0 Å². The molecule has 0 radical (unpaired) electrons. The van der Waals surface area contributed by atoms with Gasteiger partial charge in [0.05, 0.1) is 17.3 Å². The lowest BCUT2D eigenvalue weighted by atomic mass is 9.94. The van der Waals surface area contributed by atoms with Crippen LogP contribution in [0.4, 0.5) is 0 Å². The third-order valence-electron chi connectivity index (χ3n) is 3.29. The third kappa shape index (κ3) is 2.52. The number of hydroxylamine groups is 2. The highest BCUT2D eigenvalue weighted by molar-refractivity contribution is 7.99. The number of hydrogen-bond donors (Lipinski definition) is 2. The molecule has 0 aromatic rings. The van der Waals surface area contributed by atoms with Gasteiger partial charge in [0.2, 0.25) is 5.91 Å². The SMILES string of the molecule is CSCC(=O)NC1CC(C)(C)N(O)C1(C)C. The monoisotopic (exact) mass is 246 g/mol. The molecular weight excluding hydrogens is 224 g/mol. The van der Waals surface area contributed by atoms with Crippen LogP contribution in [0.15, 0.2) is 0 Å². The van der Waals surface area contributed by atoms with Crippen LogP contribution in [0.3, 0.4) is 0 Å². The van der Waals surface area contributed by atoms with Gasteiger partial charge >= 0.3 is 0 Å². The molecule has 5 heteroatoms. The molecule has 0 saturated carbocycles. The van der Waals surface area contributed by atoms with Crippen molar-refractivity contribution in [2.45, 2.75) is 51.2 Å². The van der Waals surface area contributed by atoms with E-state index >= 15 is 0 Å². The van der Waals surface area contributed by atoms with Gasteiger partial charge in [-0.05, 0) is 40.4 Å². The van der Waals surface area contributed by atoms with Crippen LogP contribution in [0.25, 0.3) is 0 Å². The van der Waals surface area contributed by atoms with Crippen LogP contribution in [-0.2, 0) is 4.79 Å². The number of thioether (sulfide) groups is 1. The number of hydrogen-bond acceptors (Lipinski definition) is 4. The van der Waals surface area contributed by atoms with E-state index in [2.05, 4.69) is 5.32 Å². The molecule has 1 saturated heterocycles. The molecule has 0 aromatic heterocycles. The molecule has 1 atom stereocenters. The summed E-state index contributed by atoms with van der Waals surface area (Å²) in [5.74, 6) is 0.509. The molecule has 94 valence electrons. The van der Waals surface area contributed by atoms with E-state index in [4.69, 9.17) is 0 Å². The molecule has 1 rings (SSSR count). The minimum absolute atomic E-state index is 0.00727. The van der Waals surface area contributed by atoms with Crippen LogP contribution in [0.5, 0.6) is 0 Å². The number of carbonyl (C=O) groups is 1. The highest BCUT2D eigenvalue weighted by Gasteiger charge is 2.51. The molecule has 0 aromatic carbocycles. The summed E-state index contributed by atoms with van der Waals surface area (Å²) in [6.07, 6.45) is 2.66. The van der Waals surface area contributed by atoms with E-state index in [9.17, 15) is 10.0 Å². The molecule has 1 amide bonds. The molecule has 0 spiro atoms.